The lowest BCUT2D eigenvalue weighted by molar-refractivity contribution is -0.0184. The maximum absolute atomic E-state index is 11.4. The highest BCUT2D eigenvalue weighted by molar-refractivity contribution is 5.15. The molecule has 6 heteroatoms. The number of aryl methyl sites for hydroxylation is 1. The van der Waals surface area contributed by atoms with Crippen LogP contribution in [0, 0.1) is 6.92 Å². The molecule has 0 saturated carbocycles. The SMILES string of the molecule is CC[C@H]1O[C@@H]2[C@H](Oc3nc(=O)c(C)cn32)C1O. The van der Waals surface area contributed by atoms with E-state index in [1.165, 1.54) is 0 Å². The summed E-state index contributed by atoms with van der Waals surface area (Å²) in [6.07, 6.45) is 0.643. The Morgan fingerprint density at radius 3 is 3.06 bits per heavy atom. The van der Waals surface area contributed by atoms with Crippen LogP contribution in [-0.2, 0) is 4.74 Å². The molecular weight excluding hydrogens is 224 g/mol. The molecule has 3 rings (SSSR count). The number of ether oxygens (including phenoxy) is 2. The maximum atomic E-state index is 11.4. The number of fused-ring (bicyclic) bond motifs is 3. The van der Waals surface area contributed by atoms with E-state index in [-0.39, 0.29) is 23.9 Å². The van der Waals surface area contributed by atoms with Gasteiger partial charge in [-0.05, 0) is 13.3 Å². The van der Waals surface area contributed by atoms with Gasteiger partial charge in [-0.3, -0.25) is 9.36 Å². The van der Waals surface area contributed by atoms with Crippen LogP contribution in [0.2, 0.25) is 0 Å². The summed E-state index contributed by atoms with van der Waals surface area (Å²) in [4.78, 5) is 15.2. The summed E-state index contributed by atoms with van der Waals surface area (Å²) in [6, 6.07) is 0.226. The van der Waals surface area contributed by atoms with Crippen molar-refractivity contribution in [3.8, 4) is 6.01 Å². The van der Waals surface area contributed by atoms with Crippen LogP contribution < -0.4 is 10.3 Å². The van der Waals surface area contributed by atoms with Crippen LogP contribution in [0.3, 0.4) is 0 Å². The quantitative estimate of drug-likeness (QED) is 0.744. The molecule has 0 aliphatic carbocycles. The van der Waals surface area contributed by atoms with Gasteiger partial charge < -0.3 is 14.6 Å². The highest BCUT2D eigenvalue weighted by Crippen LogP contribution is 2.39. The van der Waals surface area contributed by atoms with Crippen molar-refractivity contribution >= 4 is 0 Å². The second-order valence-corrected chi connectivity index (χ2v) is 4.47. The van der Waals surface area contributed by atoms with E-state index in [1.807, 2.05) is 6.92 Å². The number of rotatable bonds is 1. The molecule has 17 heavy (non-hydrogen) atoms. The van der Waals surface area contributed by atoms with E-state index in [4.69, 9.17) is 9.47 Å². The topological polar surface area (TPSA) is 73.6 Å². The second-order valence-electron chi connectivity index (χ2n) is 4.47. The van der Waals surface area contributed by atoms with E-state index in [9.17, 15) is 9.90 Å². The van der Waals surface area contributed by atoms with Crippen LogP contribution >= 0.6 is 0 Å². The Hall–Kier alpha value is -1.40. The maximum Gasteiger partial charge on any atom is 0.302 e. The highest BCUT2D eigenvalue weighted by atomic mass is 16.6. The molecule has 0 bridgehead atoms. The molecular formula is C11H14N2O4. The van der Waals surface area contributed by atoms with Gasteiger partial charge >= 0.3 is 6.01 Å². The molecule has 1 fully saturated rings. The van der Waals surface area contributed by atoms with Crippen LogP contribution in [0.25, 0.3) is 0 Å². The van der Waals surface area contributed by atoms with E-state index < -0.39 is 12.2 Å². The van der Waals surface area contributed by atoms with E-state index in [0.717, 1.165) is 6.42 Å². The number of aliphatic hydroxyl groups is 1. The molecule has 1 aromatic rings. The Kier molecular flexibility index (Phi) is 2.24. The van der Waals surface area contributed by atoms with Gasteiger partial charge in [-0.2, -0.15) is 4.98 Å². The molecule has 3 heterocycles. The van der Waals surface area contributed by atoms with Crippen LogP contribution in [0.15, 0.2) is 11.0 Å². The number of aliphatic hydroxyl groups excluding tert-OH is 1. The zero-order valence-electron chi connectivity index (χ0n) is 9.66. The molecule has 2 aliphatic rings. The van der Waals surface area contributed by atoms with Gasteiger partial charge in [-0.15, -0.1) is 0 Å². The first kappa shape index (κ1) is 10.7. The van der Waals surface area contributed by atoms with Gasteiger partial charge in [0, 0.05) is 11.8 Å². The minimum Gasteiger partial charge on any atom is -0.453 e. The van der Waals surface area contributed by atoms with Gasteiger partial charge in [-0.1, -0.05) is 6.92 Å². The fourth-order valence-corrected chi connectivity index (χ4v) is 2.35. The van der Waals surface area contributed by atoms with Crippen molar-refractivity contribution in [3.05, 3.63) is 22.1 Å². The molecule has 2 aliphatic heterocycles. The third-order valence-electron chi connectivity index (χ3n) is 3.32. The third kappa shape index (κ3) is 1.41. The van der Waals surface area contributed by atoms with E-state index in [0.29, 0.717) is 5.56 Å². The summed E-state index contributed by atoms with van der Waals surface area (Å²) < 4.78 is 12.9. The second kappa shape index (κ2) is 3.54. The highest BCUT2D eigenvalue weighted by Gasteiger charge is 2.50. The van der Waals surface area contributed by atoms with Crippen molar-refractivity contribution in [3.63, 3.8) is 0 Å². The Morgan fingerprint density at radius 2 is 2.35 bits per heavy atom. The molecule has 1 N–H and O–H groups in total. The minimum absolute atomic E-state index is 0.224. The van der Waals surface area contributed by atoms with Gasteiger partial charge in [0.1, 0.15) is 6.10 Å². The van der Waals surface area contributed by atoms with Crippen LogP contribution in [-0.4, -0.2) is 33.0 Å². The number of aromatic nitrogens is 2. The van der Waals surface area contributed by atoms with Gasteiger partial charge in [0.05, 0.1) is 6.10 Å². The van der Waals surface area contributed by atoms with Crippen molar-refractivity contribution in [2.75, 3.05) is 0 Å². The third-order valence-corrected chi connectivity index (χ3v) is 3.32. The Morgan fingerprint density at radius 1 is 1.59 bits per heavy atom. The molecule has 1 unspecified atom stereocenters. The number of hydrogen-bond donors (Lipinski definition) is 1. The molecule has 1 aromatic heterocycles. The average molecular weight is 238 g/mol. The lowest BCUT2D eigenvalue weighted by Crippen LogP contribution is -2.32. The predicted molar refractivity (Wildman–Crippen MR) is 57.9 cm³/mol. The van der Waals surface area contributed by atoms with Crippen molar-refractivity contribution < 1.29 is 14.6 Å². The zero-order valence-corrected chi connectivity index (χ0v) is 9.66. The summed E-state index contributed by atoms with van der Waals surface area (Å²) in [7, 11) is 0. The fourth-order valence-electron chi connectivity index (χ4n) is 2.35. The van der Waals surface area contributed by atoms with Gasteiger partial charge in [-0.25, -0.2) is 0 Å². The average Bonchev–Trinajstić information content (AvgIpc) is 2.78. The van der Waals surface area contributed by atoms with E-state index in [1.54, 1.807) is 17.7 Å². The van der Waals surface area contributed by atoms with Crippen molar-refractivity contribution in [1.82, 2.24) is 9.55 Å². The van der Waals surface area contributed by atoms with Crippen molar-refractivity contribution in [2.45, 2.75) is 44.8 Å². The Balaban J connectivity index is 2.02. The summed E-state index contributed by atoms with van der Waals surface area (Å²) in [6.45, 7) is 3.64. The van der Waals surface area contributed by atoms with Gasteiger partial charge in [0.2, 0.25) is 0 Å². The molecule has 6 nitrogen and oxygen atoms in total. The normalized spacial score (nSPS) is 34.3. The summed E-state index contributed by atoms with van der Waals surface area (Å²) in [5, 5.41) is 10.0. The molecule has 0 radical (unpaired) electrons. The molecule has 0 spiro atoms. The summed E-state index contributed by atoms with van der Waals surface area (Å²) >= 11 is 0. The molecule has 1 saturated heterocycles. The van der Waals surface area contributed by atoms with E-state index >= 15 is 0 Å². The van der Waals surface area contributed by atoms with Crippen LogP contribution in [0.4, 0.5) is 0 Å². The van der Waals surface area contributed by atoms with E-state index in [2.05, 4.69) is 4.98 Å². The standard InChI is InChI=1S/C11H14N2O4/c1-3-6-7(14)8-10(16-6)13-4-5(2)9(15)12-11(13)17-8/h4,6-8,10,14H,3H2,1-2H3/t6-,7?,8-,10-/m1/s1. The Bertz CT molecular complexity index is 513. The van der Waals surface area contributed by atoms with Crippen molar-refractivity contribution in [1.29, 1.82) is 0 Å². The first-order valence-electron chi connectivity index (χ1n) is 5.71. The number of nitrogens with zero attached hydrogens (tertiary/aromatic N) is 2. The molecule has 4 atom stereocenters. The minimum atomic E-state index is -0.679. The van der Waals surface area contributed by atoms with Crippen molar-refractivity contribution in [2.24, 2.45) is 0 Å². The predicted octanol–water partition coefficient (Wildman–Crippen LogP) is -0.0190. The summed E-state index contributed by atoms with van der Waals surface area (Å²) in [5.74, 6) is 0. The lowest BCUT2D eigenvalue weighted by atomic mass is 10.1. The van der Waals surface area contributed by atoms with Gasteiger partial charge in [0.25, 0.3) is 5.56 Å². The molecule has 92 valence electrons. The fraction of sp³-hybridized carbons (Fsp3) is 0.636. The molecule has 0 amide bonds. The first-order valence-corrected chi connectivity index (χ1v) is 5.71. The first-order chi connectivity index (χ1) is 8.11. The van der Waals surface area contributed by atoms with Crippen LogP contribution in [0.1, 0.15) is 25.1 Å². The lowest BCUT2D eigenvalue weighted by Gasteiger charge is -2.14. The van der Waals surface area contributed by atoms with Crippen LogP contribution in [0.5, 0.6) is 6.01 Å². The largest absolute Gasteiger partial charge is 0.453 e. The van der Waals surface area contributed by atoms with Gasteiger partial charge in [0.15, 0.2) is 12.3 Å². The Labute approximate surface area is 97.8 Å². The number of hydrogen-bond acceptors (Lipinski definition) is 5. The summed E-state index contributed by atoms with van der Waals surface area (Å²) in [5.41, 5.74) is 0.230. The molecule has 0 aromatic carbocycles. The monoisotopic (exact) mass is 238 g/mol. The smallest absolute Gasteiger partial charge is 0.302 e. The zero-order chi connectivity index (χ0) is 12.2.